The fourth-order valence-corrected chi connectivity index (χ4v) is 3.55. The van der Waals surface area contributed by atoms with Gasteiger partial charge < -0.3 is 14.5 Å². The van der Waals surface area contributed by atoms with E-state index in [1.165, 1.54) is 11.8 Å². The van der Waals surface area contributed by atoms with Crippen LogP contribution in [-0.4, -0.2) is 28.8 Å². The summed E-state index contributed by atoms with van der Waals surface area (Å²) in [5.74, 6) is -0.0626. The smallest absolute Gasteiger partial charge is 0.343 e. The highest BCUT2D eigenvalue weighted by atomic mass is 79.9. The van der Waals surface area contributed by atoms with Gasteiger partial charge >= 0.3 is 5.97 Å². The minimum absolute atomic E-state index is 0.115. The van der Waals surface area contributed by atoms with Crippen LogP contribution in [0.5, 0.6) is 11.5 Å². The van der Waals surface area contributed by atoms with E-state index in [9.17, 15) is 14.9 Å². The maximum atomic E-state index is 12.5. The van der Waals surface area contributed by atoms with Crippen LogP contribution in [0, 0.1) is 11.3 Å². The standard InChI is InChI=1S/C21H16BrN3O4S/c1-3-28-16-10-13(17-14(11-23)19(26)25-21(24-17)30-2)9-15(22)18(16)29-20(27)12-7-5-4-6-8-12/h4-10H,3H2,1-2H3,(H,24,25,26). The Hall–Kier alpha value is -3.09. The number of aromatic nitrogens is 2. The van der Waals surface area contributed by atoms with E-state index in [1.807, 2.05) is 6.07 Å². The molecule has 9 heteroatoms. The number of hydrogen-bond acceptors (Lipinski definition) is 7. The van der Waals surface area contributed by atoms with Gasteiger partial charge in [0.25, 0.3) is 5.56 Å². The Morgan fingerprint density at radius 2 is 2.03 bits per heavy atom. The molecular weight excluding hydrogens is 470 g/mol. The SMILES string of the molecule is CCOc1cc(-c2nc(SC)[nH]c(=O)c2C#N)cc(Br)c1OC(=O)c1ccccc1. The Bertz CT molecular complexity index is 1190. The minimum Gasteiger partial charge on any atom is -0.490 e. The number of benzene rings is 2. The van der Waals surface area contributed by atoms with E-state index < -0.39 is 11.5 Å². The van der Waals surface area contributed by atoms with Gasteiger partial charge in [-0.25, -0.2) is 9.78 Å². The molecule has 0 spiro atoms. The van der Waals surface area contributed by atoms with E-state index in [1.54, 1.807) is 55.6 Å². The minimum atomic E-state index is -0.540. The summed E-state index contributed by atoms with van der Waals surface area (Å²) >= 11 is 4.66. The molecule has 0 saturated heterocycles. The largest absolute Gasteiger partial charge is 0.490 e. The number of thioether (sulfide) groups is 1. The monoisotopic (exact) mass is 485 g/mol. The van der Waals surface area contributed by atoms with Crippen LogP contribution in [0.3, 0.4) is 0 Å². The molecule has 0 fully saturated rings. The van der Waals surface area contributed by atoms with Crippen molar-refractivity contribution < 1.29 is 14.3 Å². The van der Waals surface area contributed by atoms with Gasteiger partial charge in [0.2, 0.25) is 0 Å². The van der Waals surface area contributed by atoms with Gasteiger partial charge in [-0.1, -0.05) is 30.0 Å². The molecule has 2 aromatic carbocycles. The molecule has 0 bridgehead atoms. The van der Waals surface area contributed by atoms with Crippen LogP contribution in [0.25, 0.3) is 11.3 Å². The number of ether oxygens (including phenoxy) is 2. The van der Waals surface area contributed by atoms with Crippen molar-refractivity contribution >= 4 is 33.7 Å². The van der Waals surface area contributed by atoms with E-state index in [0.717, 1.165) is 0 Å². The second-order valence-electron chi connectivity index (χ2n) is 5.88. The maximum Gasteiger partial charge on any atom is 0.343 e. The molecule has 0 aliphatic rings. The number of esters is 1. The van der Waals surface area contributed by atoms with Crippen LogP contribution < -0.4 is 15.0 Å². The summed E-state index contributed by atoms with van der Waals surface area (Å²) in [6, 6.07) is 13.7. The molecule has 1 N–H and O–H groups in total. The Balaban J connectivity index is 2.11. The topological polar surface area (TPSA) is 105 Å². The molecule has 0 aliphatic heterocycles. The molecule has 30 heavy (non-hydrogen) atoms. The van der Waals surface area contributed by atoms with Crippen LogP contribution >= 0.6 is 27.7 Å². The van der Waals surface area contributed by atoms with E-state index in [2.05, 4.69) is 25.9 Å². The molecule has 3 rings (SSSR count). The lowest BCUT2D eigenvalue weighted by atomic mass is 10.1. The number of H-pyrrole nitrogens is 1. The number of rotatable bonds is 6. The van der Waals surface area contributed by atoms with Crippen molar-refractivity contribution in [2.24, 2.45) is 0 Å². The number of hydrogen-bond donors (Lipinski definition) is 1. The Morgan fingerprint density at radius 1 is 1.30 bits per heavy atom. The number of nitrogens with zero attached hydrogens (tertiary/aromatic N) is 2. The van der Waals surface area contributed by atoms with Crippen molar-refractivity contribution in [3.63, 3.8) is 0 Å². The number of halogens is 1. The van der Waals surface area contributed by atoms with Crippen molar-refractivity contribution in [3.05, 3.63) is 68.4 Å². The molecule has 3 aromatic rings. The van der Waals surface area contributed by atoms with Crippen LogP contribution in [0.1, 0.15) is 22.8 Å². The predicted molar refractivity (Wildman–Crippen MR) is 117 cm³/mol. The van der Waals surface area contributed by atoms with E-state index >= 15 is 0 Å². The first-order valence-corrected chi connectivity index (χ1v) is 10.8. The highest BCUT2D eigenvalue weighted by molar-refractivity contribution is 9.10. The van der Waals surface area contributed by atoms with Gasteiger partial charge in [0.05, 0.1) is 22.3 Å². The highest BCUT2D eigenvalue weighted by Crippen LogP contribution is 2.40. The van der Waals surface area contributed by atoms with E-state index in [4.69, 9.17) is 9.47 Å². The van der Waals surface area contributed by atoms with Crippen LogP contribution in [0.4, 0.5) is 0 Å². The molecule has 0 atom stereocenters. The van der Waals surface area contributed by atoms with Gasteiger partial charge in [-0.15, -0.1) is 0 Å². The summed E-state index contributed by atoms with van der Waals surface area (Å²) in [5.41, 5.74) is 0.441. The van der Waals surface area contributed by atoms with Gasteiger partial charge in [0.1, 0.15) is 11.6 Å². The van der Waals surface area contributed by atoms with E-state index in [0.29, 0.717) is 27.4 Å². The highest BCUT2D eigenvalue weighted by Gasteiger charge is 2.21. The van der Waals surface area contributed by atoms with Crippen LogP contribution in [-0.2, 0) is 0 Å². The fourth-order valence-electron chi connectivity index (χ4n) is 2.65. The molecule has 7 nitrogen and oxygen atoms in total. The van der Waals surface area contributed by atoms with Gasteiger partial charge in [-0.05, 0) is 53.4 Å². The van der Waals surface area contributed by atoms with Crippen molar-refractivity contribution in [1.29, 1.82) is 5.26 Å². The fraction of sp³-hybridized carbons (Fsp3) is 0.143. The second-order valence-corrected chi connectivity index (χ2v) is 7.53. The summed E-state index contributed by atoms with van der Waals surface area (Å²) in [6.45, 7) is 2.11. The van der Waals surface area contributed by atoms with Crippen molar-refractivity contribution in [3.8, 4) is 28.8 Å². The van der Waals surface area contributed by atoms with Crippen LogP contribution in [0.15, 0.2) is 56.9 Å². The Morgan fingerprint density at radius 3 is 2.67 bits per heavy atom. The average Bonchev–Trinajstić information content (AvgIpc) is 2.75. The van der Waals surface area contributed by atoms with E-state index in [-0.39, 0.29) is 22.8 Å². The molecule has 0 aliphatic carbocycles. The summed E-state index contributed by atoms with van der Waals surface area (Å²) < 4.78 is 11.7. The molecule has 1 aromatic heterocycles. The predicted octanol–water partition coefficient (Wildman–Crippen LogP) is 4.41. The first-order chi connectivity index (χ1) is 14.5. The lowest BCUT2D eigenvalue weighted by Crippen LogP contribution is -2.15. The average molecular weight is 486 g/mol. The van der Waals surface area contributed by atoms with Gasteiger partial charge in [0, 0.05) is 5.56 Å². The molecule has 0 saturated carbocycles. The lowest BCUT2D eigenvalue weighted by molar-refractivity contribution is 0.0727. The van der Waals surface area contributed by atoms with Crippen LogP contribution in [0.2, 0.25) is 0 Å². The Kier molecular flexibility index (Phi) is 6.92. The number of aromatic amines is 1. The third kappa shape index (κ3) is 4.56. The number of nitriles is 1. The zero-order valence-electron chi connectivity index (χ0n) is 16.1. The summed E-state index contributed by atoms with van der Waals surface area (Å²) in [7, 11) is 0. The number of carbonyl (C=O) groups is 1. The number of carbonyl (C=O) groups excluding carboxylic acids is 1. The van der Waals surface area contributed by atoms with Gasteiger partial charge in [0.15, 0.2) is 16.7 Å². The van der Waals surface area contributed by atoms with Gasteiger partial charge in [-0.3, -0.25) is 4.79 Å². The number of nitrogens with one attached hydrogen (secondary N) is 1. The van der Waals surface area contributed by atoms with Crippen molar-refractivity contribution in [2.75, 3.05) is 12.9 Å². The third-order valence-corrected chi connectivity index (χ3v) is 5.16. The summed E-state index contributed by atoms with van der Waals surface area (Å²) in [5, 5.41) is 9.81. The van der Waals surface area contributed by atoms with Crippen molar-refractivity contribution in [1.82, 2.24) is 9.97 Å². The second kappa shape index (κ2) is 9.61. The molecule has 1 heterocycles. The summed E-state index contributed by atoms with van der Waals surface area (Å²) in [6.07, 6.45) is 1.77. The van der Waals surface area contributed by atoms with Crippen molar-refractivity contribution in [2.45, 2.75) is 12.1 Å². The first-order valence-electron chi connectivity index (χ1n) is 8.80. The quantitative estimate of drug-likeness (QED) is 0.238. The molecule has 0 radical (unpaired) electrons. The molecule has 152 valence electrons. The Labute approximate surface area is 185 Å². The third-order valence-electron chi connectivity index (χ3n) is 3.99. The zero-order chi connectivity index (χ0) is 21.7. The van der Waals surface area contributed by atoms with Gasteiger partial charge in [-0.2, -0.15) is 5.26 Å². The first kappa shape index (κ1) is 21.6. The maximum absolute atomic E-state index is 12.5. The molecular formula is C21H16BrN3O4S. The zero-order valence-corrected chi connectivity index (χ0v) is 18.5. The lowest BCUT2D eigenvalue weighted by Gasteiger charge is -2.15. The normalized spacial score (nSPS) is 10.3. The summed E-state index contributed by atoms with van der Waals surface area (Å²) in [4.78, 5) is 31.7. The molecule has 0 unspecified atom stereocenters. The molecule has 0 amide bonds.